The van der Waals surface area contributed by atoms with Gasteiger partial charge in [-0.15, -0.1) is 22.7 Å². The molecule has 0 aliphatic rings. The highest BCUT2D eigenvalue weighted by Crippen LogP contribution is 2.33. The molecule has 3 heterocycles. The minimum atomic E-state index is -3.96. The van der Waals surface area contributed by atoms with Crippen molar-refractivity contribution in [3.8, 4) is 6.07 Å². The van der Waals surface area contributed by atoms with Crippen LogP contribution < -0.4 is 9.62 Å². The standard InChI is InChI=1S/C33H27N5O3S3/c34-19-24-8-10-25(11-9-24)21-37-23-35-20-28(37)22-38(44(40,41)30-6-2-1-3-7-30)27-12-13-31-26(17-27)18-32(43-31)33(39)36-15-14-29-5-4-16-42-29/h1-13,16-18,20,23H,14-15,21-22H2,(H,36,39). The van der Waals surface area contributed by atoms with Crippen molar-refractivity contribution in [3.05, 3.63) is 135 Å². The summed E-state index contributed by atoms with van der Waals surface area (Å²) in [4.78, 5) is 19.2. The number of nitrogens with zero attached hydrogens (tertiary/aromatic N) is 4. The molecule has 44 heavy (non-hydrogen) atoms. The fraction of sp³-hybridized carbons (Fsp3) is 0.121. The number of fused-ring (bicyclic) bond motifs is 1. The topological polar surface area (TPSA) is 108 Å². The summed E-state index contributed by atoms with van der Waals surface area (Å²) in [6.07, 6.45) is 4.11. The summed E-state index contributed by atoms with van der Waals surface area (Å²) in [5, 5.41) is 14.9. The van der Waals surface area contributed by atoms with Crippen LogP contribution >= 0.6 is 22.7 Å². The maximum atomic E-state index is 14.1. The van der Waals surface area contributed by atoms with Crippen LogP contribution in [0.15, 0.2) is 114 Å². The number of thiophene rings is 2. The lowest BCUT2D eigenvalue weighted by atomic mass is 10.1. The van der Waals surface area contributed by atoms with Crippen molar-refractivity contribution >= 4 is 54.4 Å². The summed E-state index contributed by atoms with van der Waals surface area (Å²) in [5.41, 5.74) is 2.71. The van der Waals surface area contributed by atoms with Gasteiger partial charge < -0.3 is 9.88 Å². The first-order chi connectivity index (χ1) is 21.4. The monoisotopic (exact) mass is 637 g/mol. The third-order valence-electron chi connectivity index (χ3n) is 7.12. The summed E-state index contributed by atoms with van der Waals surface area (Å²) in [7, 11) is -3.96. The Labute approximate surface area is 263 Å². The number of rotatable bonds is 11. The van der Waals surface area contributed by atoms with Gasteiger partial charge in [0.25, 0.3) is 15.9 Å². The van der Waals surface area contributed by atoms with Gasteiger partial charge in [0.1, 0.15) is 0 Å². The highest BCUT2D eigenvalue weighted by Gasteiger charge is 2.27. The SMILES string of the molecule is N#Cc1ccc(Cn2cncc2CN(c2ccc3sc(C(=O)NCCc4cccs4)cc3c2)S(=O)(=O)c2ccccc2)cc1. The normalized spacial score (nSPS) is 11.3. The number of aromatic nitrogens is 2. The molecule has 3 aromatic carbocycles. The molecule has 8 nitrogen and oxygen atoms in total. The Balaban J connectivity index is 1.29. The molecule has 1 amide bonds. The lowest BCUT2D eigenvalue weighted by Gasteiger charge is -2.25. The second-order valence-electron chi connectivity index (χ2n) is 10.1. The quantitative estimate of drug-likeness (QED) is 0.176. The number of anilines is 1. The average molecular weight is 638 g/mol. The first-order valence-electron chi connectivity index (χ1n) is 13.8. The van der Waals surface area contributed by atoms with Crippen molar-refractivity contribution in [1.82, 2.24) is 14.9 Å². The molecule has 3 aromatic heterocycles. The zero-order valence-electron chi connectivity index (χ0n) is 23.5. The highest BCUT2D eigenvalue weighted by molar-refractivity contribution is 7.92. The van der Waals surface area contributed by atoms with Crippen molar-refractivity contribution in [3.63, 3.8) is 0 Å². The van der Waals surface area contributed by atoms with E-state index in [9.17, 15) is 13.2 Å². The van der Waals surface area contributed by atoms with E-state index in [2.05, 4.69) is 16.4 Å². The van der Waals surface area contributed by atoms with Crippen LogP contribution in [-0.4, -0.2) is 30.4 Å². The minimum absolute atomic E-state index is 0.0409. The molecule has 0 spiro atoms. The van der Waals surface area contributed by atoms with E-state index < -0.39 is 10.0 Å². The second-order valence-corrected chi connectivity index (χ2v) is 14.0. The van der Waals surface area contributed by atoms with Gasteiger partial charge in [-0.1, -0.05) is 36.4 Å². The summed E-state index contributed by atoms with van der Waals surface area (Å²) < 4.78 is 32.3. The predicted octanol–water partition coefficient (Wildman–Crippen LogP) is 6.45. The number of hydrogen-bond acceptors (Lipinski definition) is 7. The zero-order valence-corrected chi connectivity index (χ0v) is 25.9. The van der Waals surface area contributed by atoms with Gasteiger partial charge in [0.15, 0.2) is 0 Å². The van der Waals surface area contributed by atoms with Crippen LogP contribution in [0, 0.1) is 11.3 Å². The third kappa shape index (κ3) is 6.43. The Morgan fingerprint density at radius 2 is 1.82 bits per heavy atom. The number of carbonyl (C=O) groups excluding carboxylic acids is 1. The van der Waals surface area contributed by atoms with Gasteiger partial charge in [0, 0.05) is 28.9 Å². The molecule has 0 bridgehead atoms. The molecule has 0 radical (unpaired) electrons. The molecule has 0 atom stereocenters. The summed E-state index contributed by atoms with van der Waals surface area (Å²) >= 11 is 3.04. The largest absolute Gasteiger partial charge is 0.351 e. The Hall–Kier alpha value is -4.76. The number of imidazole rings is 1. The average Bonchev–Trinajstić information content (AvgIpc) is 3.82. The van der Waals surface area contributed by atoms with Crippen LogP contribution in [0.25, 0.3) is 10.1 Å². The van der Waals surface area contributed by atoms with Gasteiger partial charge in [-0.3, -0.25) is 9.10 Å². The molecular weight excluding hydrogens is 611 g/mol. The number of benzene rings is 3. The van der Waals surface area contributed by atoms with E-state index in [0.717, 1.165) is 22.1 Å². The second kappa shape index (κ2) is 12.9. The third-order valence-corrected chi connectivity index (χ3v) is 11.0. The van der Waals surface area contributed by atoms with E-state index in [0.29, 0.717) is 34.9 Å². The molecule has 1 N–H and O–H groups in total. The van der Waals surface area contributed by atoms with Crippen LogP contribution in [-0.2, 0) is 29.5 Å². The molecule has 0 saturated heterocycles. The first kappa shape index (κ1) is 29.3. The number of nitriles is 1. The predicted molar refractivity (Wildman–Crippen MR) is 174 cm³/mol. The molecule has 0 aliphatic carbocycles. The van der Waals surface area contributed by atoms with E-state index in [4.69, 9.17) is 5.26 Å². The molecule has 11 heteroatoms. The van der Waals surface area contributed by atoms with Gasteiger partial charge in [0.05, 0.1) is 45.7 Å². The van der Waals surface area contributed by atoms with E-state index in [-0.39, 0.29) is 17.3 Å². The van der Waals surface area contributed by atoms with Crippen molar-refractivity contribution in [1.29, 1.82) is 5.26 Å². The van der Waals surface area contributed by atoms with Crippen LogP contribution in [0.5, 0.6) is 0 Å². The van der Waals surface area contributed by atoms with Gasteiger partial charge in [-0.2, -0.15) is 5.26 Å². The van der Waals surface area contributed by atoms with E-state index in [1.807, 2.05) is 52.4 Å². The smallest absolute Gasteiger partial charge is 0.264 e. The molecule has 220 valence electrons. The molecule has 0 fully saturated rings. The van der Waals surface area contributed by atoms with Crippen molar-refractivity contribution in [2.45, 2.75) is 24.4 Å². The summed E-state index contributed by atoms with van der Waals surface area (Å²) in [6, 6.07) is 29.0. The molecule has 0 saturated carbocycles. The van der Waals surface area contributed by atoms with Crippen LogP contribution in [0.4, 0.5) is 5.69 Å². The summed E-state index contributed by atoms with van der Waals surface area (Å²) in [6.45, 7) is 1.05. The number of nitrogens with one attached hydrogen (secondary N) is 1. The maximum Gasteiger partial charge on any atom is 0.264 e. The van der Waals surface area contributed by atoms with E-state index in [1.165, 1.54) is 20.5 Å². The fourth-order valence-corrected chi connectivity index (χ4v) is 7.94. The van der Waals surface area contributed by atoms with Crippen molar-refractivity contribution < 1.29 is 13.2 Å². The number of hydrogen-bond donors (Lipinski definition) is 1. The lowest BCUT2D eigenvalue weighted by Crippen LogP contribution is -2.31. The van der Waals surface area contributed by atoms with Crippen LogP contribution in [0.1, 0.15) is 31.4 Å². The van der Waals surface area contributed by atoms with Gasteiger partial charge in [-0.05, 0) is 77.3 Å². The van der Waals surface area contributed by atoms with Crippen molar-refractivity contribution in [2.24, 2.45) is 0 Å². The molecule has 6 aromatic rings. The minimum Gasteiger partial charge on any atom is -0.351 e. The number of sulfonamides is 1. The Morgan fingerprint density at radius 1 is 1.00 bits per heavy atom. The maximum absolute atomic E-state index is 14.1. The van der Waals surface area contributed by atoms with E-state index in [1.54, 1.807) is 72.4 Å². The zero-order chi connectivity index (χ0) is 30.5. The van der Waals surface area contributed by atoms with Crippen molar-refractivity contribution in [2.75, 3.05) is 10.8 Å². The molecule has 6 rings (SSSR count). The number of amides is 1. The highest BCUT2D eigenvalue weighted by atomic mass is 32.2. The lowest BCUT2D eigenvalue weighted by molar-refractivity contribution is 0.0958. The van der Waals surface area contributed by atoms with Crippen LogP contribution in [0.3, 0.4) is 0 Å². The van der Waals surface area contributed by atoms with E-state index >= 15 is 0 Å². The first-order valence-corrected chi connectivity index (χ1v) is 16.9. The Morgan fingerprint density at radius 3 is 2.57 bits per heavy atom. The van der Waals surface area contributed by atoms with Gasteiger partial charge in [0.2, 0.25) is 0 Å². The van der Waals surface area contributed by atoms with Crippen LogP contribution in [0.2, 0.25) is 0 Å². The summed E-state index contributed by atoms with van der Waals surface area (Å²) in [5.74, 6) is -0.148. The Bertz CT molecular complexity index is 2040. The number of carbonyl (C=O) groups is 1. The molecular formula is C33H27N5O3S3. The fourth-order valence-electron chi connectivity index (χ4n) is 4.82. The van der Waals surface area contributed by atoms with Gasteiger partial charge in [-0.25, -0.2) is 13.4 Å². The molecule has 0 unspecified atom stereocenters. The molecule has 0 aliphatic heterocycles. The Kier molecular flexibility index (Phi) is 8.56. The van der Waals surface area contributed by atoms with Gasteiger partial charge >= 0.3 is 0 Å².